The van der Waals surface area contributed by atoms with E-state index in [1.54, 1.807) is 57.8 Å². The summed E-state index contributed by atoms with van der Waals surface area (Å²) in [4.78, 5) is 0. The van der Waals surface area contributed by atoms with Crippen LogP contribution in [-0.4, -0.2) is 0 Å². The fraction of sp³-hybridized carbons (Fsp3) is 1.00. The first kappa shape index (κ1) is 34.9. The van der Waals surface area contributed by atoms with E-state index in [-0.39, 0.29) is 0 Å². The summed E-state index contributed by atoms with van der Waals surface area (Å²) in [5.74, 6) is 8.82. The smallest absolute Gasteiger partial charge is 0.0358 e. The molecule has 4 atom stereocenters. The van der Waals surface area contributed by atoms with Gasteiger partial charge in [-0.2, -0.15) is 0 Å². The van der Waals surface area contributed by atoms with Crippen molar-refractivity contribution in [3.63, 3.8) is 0 Å². The van der Waals surface area contributed by atoms with Gasteiger partial charge in [-0.1, -0.05) is 206 Å². The minimum Gasteiger partial charge on any atom is -0.0625 e. The highest BCUT2D eigenvalue weighted by Gasteiger charge is 2.34. The summed E-state index contributed by atoms with van der Waals surface area (Å²) in [5, 5.41) is 0. The molecule has 0 N–H and O–H groups in total. The van der Waals surface area contributed by atoms with E-state index in [1.165, 1.54) is 148 Å². The molecule has 0 amide bonds. The van der Waals surface area contributed by atoms with Gasteiger partial charge < -0.3 is 0 Å². The normalized spacial score (nSPS) is 33.9. The molecule has 0 heteroatoms. The molecular weight excluding hydrogens is 504 g/mol. The van der Waals surface area contributed by atoms with E-state index < -0.39 is 0 Å². The summed E-state index contributed by atoms with van der Waals surface area (Å²) in [7, 11) is 0. The largest absolute Gasteiger partial charge is 0.0625 e. The molecule has 7 rings (SSSR count). The van der Waals surface area contributed by atoms with Crippen molar-refractivity contribution in [2.45, 2.75) is 219 Å². The first-order chi connectivity index (χ1) is 20.7. The van der Waals surface area contributed by atoms with Gasteiger partial charge in [0.25, 0.3) is 0 Å². The maximum absolute atomic E-state index is 2.48. The fourth-order valence-corrected chi connectivity index (χ4v) is 10.9. The second kappa shape index (κ2) is 20.9. The summed E-state index contributed by atoms with van der Waals surface area (Å²) < 4.78 is 0. The molecule has 0 nitrogen and oxygen atoms in total. The first-order valence-corrected chi connectivity index (χ1v) is 20.7. The number of fused-ring (bicyclic) bond motifs is 1. The second-order valence-electron chi connectivity index (χ2n) is 17.0. The Balaban J connectivity index is 0.000000132. The Morgan fingerprint density at radius 3 is 0.929 bits per heavy atom. The van der Waals surface area contributed by atoms with Gasteiger partial charge in [-0.3, -0.25) is 0 Å². The summed E-state index contributed by atoms with van der Waals surface area (Å²) in [5.41, 5.74) is 0. The Labute approximate surface area is 266 Å². The van der Waals surface area contributed by atoms with Crippen LogP contribution in [0.5, 0.6) is 0 Å². The summed E-state index contributed by atoms with van der Waals surface area (Å²) >= 11 is 0. The highest BCUT2D eigenvalue weighted by Crippen LogP contribution is 2.45. The van der Waals surface area contributed by atoms with Crippen LogP contribution >= 0.6 is 0 Å². The van der Waals surface area contributed by atoms with Crippen LogP contribution in [0.1, 0.15) is 219 Å². The maximum Gasteiger partial charge on any atom is -0.0358 e. The van der Waals surface area contributed by atoms with Gasteiger partial charge in [0.2, 0.25) is 0 Å². The predicted molar refractivity (Wildman–Crippen MR) is 187 cm³/mol. The minimum absolute atomic E-state index is 1.02. The van der Waals surface area contributed by atoms with Crippen molar-refractivity contribution < 1.29 is 0 Å². The van der Waals surface area contributed by atoms with Crippen LogP contribution in [0, 0.1) is 47.3 Å². The molecule has 7 saturated carbocycles. The molecule has 0 radical (unpaired) electrons. The maximum atomic E-state index is 2.48. The van der Waals surface area contributed by atoms with Gasteiger partial charge in [-0.25, -0.2) is 0 Å². The van der Waals surface area contributed by atoms with Gasteiger partial charge >= 0.3 is 0 Å². The zero-order chi connectivity index (χ0) is 29.2. The molecule has 0 aliphatic heterocycles. The van der Waals surface area contributed by atoms with Gasteiger partial charge in [0.15, 0.2) is 0 Å². The van der Waals surface area contributed by atoms with Crippen molar-refractivity contribution in [2.24, 2.45) is 47.3 Å². The summed E-state index contributed by atoms with van der Waals surface area (Å²) in [6.07, 6.45) is 48.9. The third-order valence-corrected chi connectivity index (χ3v) is 13.7. The van der Waals surface area contributed by atoms with E-state index in [4.69, 9.17) is 0 Å². The average molecular weight is 583 g/mol. The van der Waals surface area contributed by atoms with E-state index >= 15 is 0 Å². The lowest BCUT2D eigenvalue weighted by Crippen LogP contribution is -2.32. The summed E-state index contributed by atoms with van der Waals surface area (Å²) in [6.45, 7) is 4.92. The summed E-state index contributed by atoms with van der Waals surface area (Å²) in [6, 6.07) is 0. The van der Waals surface area contributed by atoms with Gasteiger partial charge in [-0.05, 0) is 60.2 Å². The topological polar surface area (TPSA) is 0 Å². The fourth-order valence-electron chi connectivity index (χ4n) is 10.9. The molecule has 7 fully saturated rings. The van der Waals surface area contributed by atoms with Crippen LogP contribution in [0.3, 0.4) is 0 Å². The van der Waals surface area contributed by atoms with Gasteiger partial charge in [0, 0.05) is 0 Å². The van der Waals surface area contributed by atoms with Gasteiger partial charge in [-0.15, -0.1) is 0 Å². The molecule has 7 aliphatic carbocycles. The zero-order valence-electron chi connectivity index (χ0n) is 29.2. The first-order valence-electron chi connectivity index (χ1n) is 20.7. The van der Waals surface area contributed by atoms with Gasteiger partial charge in [0.1, 0.15) is 0 Å². The van der Waals surface area contributed by atoms with Crippen LogP contribution < -0.4 is 0 Å². The van der Waals surface area contributed by atoms with Gasteiger partial charge in [0.05, 0.1) is 0 Å². The lowest BCUT2D eigenvalue weighted by Gasteiger charge is -2.42. The zero-order valence-corrected chi connectivity index (χ0v) is 29.2. The van der Waals surface area contributed by atoms with Crippen molar-refractivity contribution in [3.05, 3.63) is 0 Å². The molecule has 0 heterocycles. The minimum atomic E-state index is 1.02. The monoisotopic (exact) mass is 583 g/mol. The Morgan fingerprint density at radius 2 is 0.571 bits per heavy atom. The third kappa shape index (κ3) is 12.8. The SMILES string of the molecule is C1CCC(C2CCCCC2)CC1.C1CCC(C2CCCCC2)CC1.C1CCCCC1.CC1CCC2CCCC(C)C2C1. The van der Waals surface area contributed by atoms with Crippen LogP contribution in [0.25, 0.3) is 0 Å². The highest BCUT2D eigenvalue weighted by atomic mass is 14.4. The average Bonchev–Trinajstić information content (AvgIpc) is 3.08. The standard InChI is InChI=1S/3C12H22.C6H12/c1-9-6-7-11-5-3-4-10(2)12(11)8-9;2*1-3-7-11(8-4-1)12-9-5-2-6-10-12;1-2-4-6-5-3-1/h9-12H,3-8H2,1-2H3;2*11-12H,1-10H2;1-6H2. The number of hydrogen-bond acceptors (Lipinski definition) is 0. The van der Waals surface area contributed by atoms with E-state index in [0.29, 0.717) is 0 Å². The van der Waals surface area contributed by atoms with Crippen molar-refractivity contribution in [2.75, 3.05) is 0 Å². The van der Waals surface area contributed by atoms with Crippen molar-refractivity contribution in [1.82, 2.24) is 0 Å². The van der Waals surface area contributed by atoms with E-state index in [1.807, 2.05) is 0 Å². The molecule has 246 valence electrons. The lowest BCUT2D eigenvalue weighted by molar-refractivity contribution is 0.0880. The van der Waals surface area contributed by atoms with Crippen molar-refractivity contribution in [1.29, 1.82) is 0 Å². The highest BCUT2D eigenvalue weighted by molar-refractivity contribution is 4.85. The Morgan fingerprint density at radius 1 is 0.262 bits per heavy atom. The molecule has 0 aromatic rings. The Hall–Kier alpha value is 0. The van der Waals surface area contributed by atoms with Crippen molar-refractivity contribution >= 4 is 0 Å². The quantitative estimate of drug-likeness (QED) is 0.304. The molecule has 0 saturated heterocycles. The molecular formula is C42H78. The molecule has 0 spiro atoms. The van der Waals surface area contributed by atoms with Crippen LogP contribution in [0.2, 0.25) is 0 Å². The van der Waals surface area contributed by atoms with Crippen LogP contribution in [-0.2, 0) is 0 Å². The van der Waals surface area contributed by atoms with Crippen LogP contribution in [0.15, 0.2) is 0 Å². The Kier molecular flexibility index (Phi) is 17.4. The third-order valence-electron chi connectivity index (χ3n) is 13.7. The van der Waals surface area contributed by atoms with E-state index in [2.05, 4.69) is 13.8 Å². The molecule has 4 unspecified atom stereocenters. The Bertz CT molecular complexity index is 547. The molecule has 7 aliphatic rings. The molecule has 0 bridgehead atoms. The molecule has 0 aromatic heterocycles. The van der Waals surface area contributed by atoms with E-state index in [0.717, 1.165) is 47.3 Å². The molecule has 0 aromatic carbocycles. The second-order valence-corrected chi connectivity index (χ2v) is 17.0. The predicted octanol–water partition coefficient (Wildman–Crippen LogP) is 14.5. The number of hydrogen-bond donors (Lipinski definition) is 0. The van der Waals surface area contributed by atoms with Crippen molar-refractivity contribution in [3.8, 4) is 0 Å². The van der Waals surface area contributed by atoms with E-state index in [9.17, 15) is 0 Å². The lowest BCUT2D eigenvalue weighted by atomic mass is 9.64. The molecule has 42 heavy (non-hydrogen) atoms. The number of rotatable bonds is 2. The van der Waals surface area contributed by atoms with Crippen LogP contribution in [0.4, 0.5) is 0 Å².